The summed E-state index contributed by atoms with van der Waals surface area (Å²) >= 11 is 0. The zero-order chi connectivity index (χ0) is 48.4. The second-order valence-corrected chi connectivity index (χ2v) is 18.4. The van der Waals surface area contributed by atoms with Crippen LogP contribution in [-0.4, -0.2) is 66.5 Å². The minimum Gasteiger partial charge on any atom is -0.462 e. The average molecular weight is 949 g/mol. The van der Waals surface area contributed by atoms with Gasteiger partial charge in [-0.1, -0.05) is 190 Å². The molecule has 2 N–H and O–H groups in total. The molecule has 3 atom stereocenters. The Labute approximate surface area is 401 Å². The van der Waals surface area contributed by atoms with Crippen molar-refractivity contribution in [3.63, 3.8) is 0 Å². The number of hydrogen-bond donors (Lipinski definition) is 2. The lowest BCUT2D eigenvalue weighted by molar-refractivity contribution is -0.161. The number of rotatable bonds is 47. The van der Waals surface area contributed by atoms with Crippen LogP contribution in [0, 0.1) is 0 Å². The molecule has 0 radical (unpaired) electrons. The molecule has 0 amide bonds. The maximum Gasteiger partial charge on any atom is 0.472 e. The van der Waals surface area contributed by atoms with Crippen LogP contribution >= 0.6 is 7.82 Å². The van der Waals surface area contributed by atoms with E-state index in [1.54, 1.807) is 0 Å². The Hall–Kier alpha value is -3.08. The third-order valence-electron chi connectivity index (χ3n) is 10.6. The molecule has 0 aliphatic rings. The van der Waals surface area contributed by atoms with Gasteiger partial charge in [0.2, 0.25) is 0 Å². The Bertz CT molecular complexity index is 1390. The van der Waals surface area contributed by atoms with E-state index in [1.807, 2.05) is 18.2 Å². The summed E-state index contributed by atoms with van der Waals surface area (Å²) in [7, 11) is -4.76. The quantitative estimate of drug-likeness (QED) is 0.0197. The molecular weight excluding hydrogens is 856 g/mol. The molecule has 66 heavy (non-hydrogen) atoms. The van der Waals surface area contributed by atoms with Crippen molar-refractivity contribution < 1.29 is 52.2 Å². The molecule has 380 valence electrons. The minimum atomic E-state index is -4.76. The highest BCUT2D eigenvalue weighted by Gasteiger charge is 2.28. The molecule has 0 aromatic carbocycles. The maximum atomic E-state index is 12.8. The van der Waals surface area contributed by atoms with E-state index in [2.05, 4.69) is 75.5 Å². The molecule has 0 aliphatic heterocycles. The van der Waals surface area contributed by atoms with Crippen molar-refractivity contribution in [1.82, 2.24) is 0 Å². The first-order valence-corrected chi connectivity index (χ1v) is 27.3. The van der Waals surface area contributed by atoms with Gasteiger partial charge in [-0.2, -0.15) is 0 Å². The van der Waals surface area contributed by atoms with Crippen LogP contribution in [-0.2, 0) is 42.2 Å². The lowest BCUT2D eigenvalue weighted by Crippen LogP contribution is -2.30. The standard InChI is InChI=1S/C54H93O11P/c1-4-7-10-13-16-19-21-23-24-25-26-28-30-33-36-39-42-45-54(58)65-51(47-61-52(56)43-40-37-34-31-18-15-12-9-6-3)49-63-66(59,60)62-48-50(46-55)64-53(57)44-41-38-35-32-29-27-22-20-17-14-11-8-5-2/h8,11,16-17,19-20,23-24,27,29,35,38,50-51,55H,4-7,9-10,12-15,18,21-22,25-26,28,30-34,36-37,39-49H2,1-3H3,(H,59,60)/b11-8-,19-16-,20-17-,24-23-,29-27-,38-35-. The Morgan fingerprint density at radius 2 is 0.818 bits per heavy atom. The van der Waals surface area contributed by atoms with Crippen molar-refractivity contribution in [1.29, 1.82) is 0 Å². The summed E-state index contributed by atoms with van der Waals surface area (Å²) in [5.74, 6) is -1.56. The van der Waals surface area contributed by atoms with Gasteiger partial charge >= 0.3 is 25.7 Å². The SMILES string of the molecule is CC/C=C\C/C=C\C/C=C\C/C=C\CCC(=O)OC(CO)COP(=O)(O)OCC(COC(=O)CCCCCCCCCCC)OC(=O)CCCCCCCCC/C=C\C/C=C\CCCCC. The Morgan fingerprint density at radius 1 is 0.439 bits per heavy atom. The summed E-state index contributed by atoms with van der Waals surface area (Å²) in [6.07, 6.45) is 51.8. The summed E-state index contributed by atoms with van der Waals surface area (Å²) in [6, 6.07) is 0. The monoisotopic (exact) mass is 949 g/mol. The molecule has 12 heteroatoms. The third kappa shape index (κ3) is 46.0. The molecule has 0 bridgehead atoms. The molecule has 0 saturated heterocycles. The van der Waals surface area contributed by atoms with Gasteiger partial charge in [0, 0.05) is 19.3 Å². The van der Waals surface area contributed by atoms with Gasteiger partial charge in [0.05, 0.1) is 19.8 Å². The fraction of sp³-hybridized carbons (Fsp3) is 0.722. The summed E-state index contributed by atoms with van der Waals surface area (Å²) in [4.78, 5) is 48.2. The molecule has 0 rings (SSSR count). The largest absolute Gasteiger partial charge is 0.472 e. The highest BCUT2D eigenvalue weighted by Crippen LogP contribution is 2.43. The molecule has 0 fully saturated rings. The van der Waals surface area contributed by atoms with Gasteiger partial charge in [0.15, 0.2) is 6.10 Å². The van der Waals surface area contributed by atoms with Gasteiger partial charge in [-0.15, -0.1) is 0 Å². The lowest BCUT2D eigenvalue weighted by Gasteiger charge is -2.21. The van der Waals surface area contributed by atoms with Crippen LogP contribution in [0.2, 0.25) is 0 Å². The molecule has 0 aromatic heterocycles. The number of aliphatic hydroxyl groups is 1. The van der Waals surface area contributed by atoms with E-state index in [4.69, 9.17) is 23.3 Å². The number of aliphatic hydroxyl groups excluding tert-OH is 1. The Balaban J connectivity index is 4.77. The molecular formula is C54H93O11P. The van der Waals surface area contributed by atoms with Crippen molar-refractivity contribution in [2.24, 2.45) is 0 Å². The first-order chi connectivity index (χ1) is 32.2. The average Bonchev–Trinajstić information content (AvgIpc) is 3.30. The molecule has 0 saturated carbocycles. The summed E-state index contributed by atoms with van der Waals surface area (Å²) in [5, 5.41) is 9.75. The minimum absolute atomic E-state index is 0.0544. The van der Waals surface area contributed by atoms with Crippen LogP contribution in [0.25, 0.3) is 0 Å². The van der Waals surface area contributed by atoms with Crippen LogP contribution in [0.3, 0.4) is 0 Å². The van der Waals surface area contributed by atoms with Gasteiger partial charge in [-0.05, 0) is 77.0 Å². The van der Waals surface area contributed by atoms with Crippen LogP contribution in [0.15, 0.2) is 72.9 Å². The second-order valence-electron chi connectivity index (χ2n) is 17.0. The number of carbonyl (C=O) groups is 3. The van der Waals surface area contributed by atoms with Crippen LogP contribution in [0.1, 0.15) is 213 Å². The first-order valence-electron chi connectivity index (χ1n) is 25.8. The predicted octanol–water partition coefficient (Wildman–Crippen LogP) is 14.6. The van der Waals surface area contributed by atoms with Gasteiger partial charge in [0.1, 0.15) is 12.7 Å². The fourth-order valence-electron chi connectivity index (χ4n) is 6.69. The normalized spacial score (nSPS) is 14.1. The summed E-state index contributed by atoms with van der Waals surface area (Å²) in [5.41, 5.74) is 0. The number of carbonyl (C=O) groups excluding carboxylic acids is 3. The molecule has 0 aromatic rings. The van der Waals surface area contributed by atoms with Crippen molar-refractivity contribution in [3.8, 4) is 0 Å². The third-order valence-corrected chi connectivity index (χ3v) is 11.6. The lowest BCUT2D eigenvalue weighted by atomic mass is 10.1. The number of allylic oxidation sites excluding steroid dienone is 12. The number of phosphoric acid groups is 1. The second kappa shape index (κ2) is 48.4. The Kier molecular flexibility index (Phi) is 46.1. The number of hydrogen-bond acceptors (Lipinski definition) is 10. The number of phosphoric ester groups is 1. The predicted molar refractivity (Wildman–Crippen MR) is 270 cm³/mol. The summed E-state index contributed by atoms with van der Waals surface area (Å²) < 4.78 is 39.2. The van der Waals surface area contributed by atoms with Crippen LogP contribution in [0.5, 0.6) is 0 Å². The zero-order valence-corrected chi connectivity index (χ0v) is 42.5. The highest BCUT2D eigenvalue weighted by atomic mass is 31.2. The summed E-state index contributed by atoms with van der Waals surface area (Å²) in [6.45, 7) is 4.37. The molecule has 3 unspecified atom stereocenters. The van der Waals surface area contributed by atoms with E-state index in [-0.39, 0.29) is 25.9 Å². The van der Waals surface area contributed by atoms with Gasteiger partial charge in [-0.25, -0.2) is 4.57 Å². The van der Waals surface area contributed by atoms with E-state index in [1.165, 1.54) is 70.6 Å². The van der Waals surface area contributed by atoms with Crippen molar-refractivity contribution >= 4 is 25.7 Å². The van der Waals surface area contributed by atoms with E-state index in [0.29, 0.717) is 19.3 Å². The Morgan fingerprint density at radius 3 is 1.33 bits per heavy atom. The topological polar surface area (TPSA) is 155 Å². The smallest absolute Gasteiger partial charge is 0.462 e. The maximum absolute atomic E-state index is 12.8. The fourth-order valence-corrected chi connectivity index (χ4v) is 7.48. The van der Waals surface area contributed by atoms with Crippen molar-refractivity contribution in [3.05, 3.63) is 72.9 Å². The highest BCUT2D eigenvalue weighted by molar-refractivity contribution is 7.47. The van der Waals surface area contributed by atoms with Gasteiger partial charge in [0.25, 0.3) is 0 Å². The molecule has 0 heterocycles. The number of unbranched alkanes of at least 4 members (excludes halogenated alkanes) is 18. The number of esters is 3. The van der Waals surface area contributed by atoms with Gasteiger partial charge < -0.3 is 24.2 Å². The van der Waals surface area contributed by atoms with Gasteiger partial charge in [-0.3, -0.25) is 23.4 Å². The van der Waals surface area contributed by atoms with E-state index >= 15 is 0 Å². The molecule has 0 aliphatic carbocycles. The van der Waals surface area contributed by atoms with Crippen LogP contribution in [0.4, 0.5) is 0 Å². The molecule has 11 nitrogen and oxygen atoms in total. The first kappa shape index (κ1) is 62.9. The van der Waals surface area contributed by atoms with E-state index in [0.717, 1.165) is 83.5 Å². The molecule has 0 spiro atoms. The van der Waals surface area contributed by atoms with E-state index in [9.17, 15) is 28.9 Å². The zero-order valence-electron chi connectivity index (χ0n) is 41.6. The van der Waals surface area contributed by atoms with E-state index < -0.39 is 57.8 Å². The van der Waals surface area contributed by atoms with Crippen LogP contribution < -0.4 is 0 Å². The number of ether oxygens (including phenoxy) is 3. The van der Waals surface area contributed by atoms with Crippen molar-refractivity contribution in [2.75, 3.05) is 26.4 Å². The van der Waals surface area contributed by atoms with Crippen molar-refractivity contribution in [2.45, 2.75) is 226 Å².